The Kier molecular flexibility index (Phi) is 6.73. The van der Waals surface area contributed by atoms with E-state index in [0.717, 1.165) is 17.5 Å². The molecule has 3 aromatic heterocycles. The highest BCUT2D eigenvalue weighted by Crippen LogP contribution is 2.24. The van der Waals surface area contributed by atoms with Gasteiger partial charge >= 0.3 is 0 Å². The molecule has 4 bridgehead atoms. The fourth-order valence-corrected chi connectivity index (χ4v) is 3.98. The van der Waals surface area contributed by atoms with Crippen LogP contribution in [0.1, 0.15) is 45.6 Å². The van der Waals surface area contributed by atoms with Gasteiger partial charge in [0.1, 0.15) is 18.4 Å². The molecule has 1 fully saturated rings. The van der Waals surface area contributed by atoms with Gasteiger partial charge in [-0.2, -0.15) is 5.10 Å². The van der Waals surface area contributed by atoms with Crippen molar-refractivity contribution in [2.75, 3.05) is 31.7 Å². The van der Waals surface area contributed by atoms with Crippen molar-refractivity contribution >= 4 is 17.5 Å². The molecule has 5 heterocycles. The number of nitrogens with zero attached hydrogens (tertiary/aromatic N) is 5. The number of carbonyl (C=O) groups is 2. The minimum atomic E-state index is -1.06. The first kappa shape index (κ1) is 23.6. The first-order valence-electron chi connectivity index (χ1n) is 11.6. The van der Waals surface area contributed by atoms with Gasteiger partial charge in [0.15, 0.2) is 5.69 Å². The van der Waals surface area contributed by atoms with Crippen LogP contribution in [0.4, 0.5) is 5.69 Å². The predicted octanol–water partition coefficient (Wildman–Crippen LogP) is -0.0300. The fraction of sp³-hybridized carbons (Fsp3) is 0.391. The second-order valence-corrected chi connectivity index (χ2v) is 8.53. The van der Waals surface area contributed by atoms with Crippen LogP contribution in [-0.4, -0.2) is 73.9 Å². The lowest BCUT2D eigenvalue weighted by Crippen LogP contribution is -2.36. The zero-order chi connectivity index (χ0) is 25.1. The van der Waals surface area contributed by atoms with Gasteiger partial charge in [-0.1, -0.05) is 6.07 Å². The SMILES string of the molecule is O=C1Nc2cn(C3CCOCC3)nc2C(=O)NCC(O)COc2ccc(=O)n(n2)Cc2cccc1n2. The molecule has 1 saturated heterocycles. The van der Waals surface area contributed by atoms with E-state index in [0.29, 0.717) is 18.9 Å². The molecule has 3 N–H and O–H groups in total. The molecule has 0 spiro atoms. The number of fused-ring (bicyclic) bond motifs is 5. The second kappa shape index (κ2) is 10.3. The van der Waals surface area contributed by atoms with Crippen molar-refractivity contribution in [3.05, 3.63) is 64.0 Å². The Morgan fingerprint density at radius 2 is 1.86 bits per heavy atom. The summed E-state index contributed by atoms with van der Waals surface area (Å²) in [6.07, 6.45) is 2.01. The summed E-state index contributed by atoms with van der Waals surface area (Å²) in [5.41, 5.74) is 0.376. The molecule has 0 aromatic carbocycles. The van der Waals surface area contributed by atoms with E-state index >= 15 is 0 Å². The predicted molar refractivity (Wildman–Crippen MR) is 125 cm³/mol. The van der Waals surface area contributed by atoms with Gasteiger partial charge in [-0.3, -0.25) is 19.1 Å². The Morgan fingerprint density at radius 3 is 2.69 bits per heavy atom. The van der Waals surface area contributed by atoms with E-state index in [2.05, 4.69) is 25.8 Å². The number of ether oxygens (including phenoxy) is 2. The van der Waals surface area contributed by atoms with Gasteiger partial charge in [0.05, 0.1) is 24.0 Å². The Bertz CT molecular complexity index is 1330. The average molecular weight is 495 g/mol. The number of rotatable bonds is 1. The molecular formula is C23H25N7O6. The van der Waals surface area contributed by atoms with Crippen LogP contribution in [0.5, 0.6) is 5.88 Å². The van der Waals surface area contributed by atoms with Crippen molar-refractivity contribution in [2.24, 2.45) is 0 Å². The summed E-state index contributed by atoms with van der Waals surface area (Å²) < 4.78 is 13.7. The number of β-amino-alcohol motifs (C(OH)–C–C–N with tert-alkyl or cyclic N) is 1. The zero-order valence-electron chi connectivity index (χ0n) is 19.3. The van der Waals surface area contributed by atoms with Gasteiger partial charge in [-0.25, -0.2) is 9.67 Å². The van der Waals surface area contributed by atoms with E-state index < -0.39 is 17.9 Å². The van der Waals surface area contributed by atoms with Crippen LogP contribution in [0.25, 0.3) is 0 Å². The molecule has 2 aliphatic rings. The maximum atomic E-state index is 13.1. The lowest BCUT2D eigenvalue weighted by molar-refractivity contribution is 0.0659. The molecule has 188 valence electrons. The molecule has 0 radical (unpaired) electrons. The average Bonchev–Trinajstić information content (AvgIpc) is 3.31. The number of anilines is 1. The molecule has 1 unspecified atom stereocenters. The van der Waals surface area contributed by atoms with Gasteiger partial charge in [0, 0.05) is 38.1 Å². The lowest BCUT2D eigenvalue weighted by atomic mass is 10.1. The highest BCUT2D eigenvalue weighted by atomic mass is 16.5. The van der Waals surface area contributed by atoms with Gasteiger partial charge in [-0.15, -0.1) is 5.10 Å². The Hall–Kier alpha value is -4.10. The van der Waals surface area contributed by atoms with Gasteiger partial charge < -0.3 is 25.2 Å². The third kappa shape index (κ3) is 5.26. The van der Waals surface area contributed by atoms with Gasteiger partial charge in [0.2, 0.25) is 5.88 Å². The van der Waals surface area contributed by atoms with Crippen LogP contribution in [0.3, 0.4) is 0 Å². The zero-order valence-corrected chi connectivity index (χ0v) is 19.3. The summed E-state index contributed by atoms with van der Waals surface area (Å²) in [5.74, 6) is -0.984. The van der Waals surface area contributed by atoms with Crippen molar-refractivity contribution in [3.8, 4) is 5.88 Å². The summed E-state index contributed by atoms with van der Waals surface area (Å²) >= 11 is 0. The minimum absolute atomic E-state index is 0.00663. The Morgan fingerprint density at radius 1 is 1.03 bits per heavy atom. The molecule has 13 heteroatoms. The van der Waals surface area contributed by atoms with Crippen LogP contribution >= 0.6 is 0 Å². The molecule has 13 nitrogen and oxygen atoms in total. The van der Waals surface area contributed by atoms with Crippen LogP contribution in [-0.2, 0) is 11.3 Å². The lowest BCUT2D eigenvalue weighted by Gasteiger charge is -2.22. The maximum absolute atomic E-state index is 13.1. The second-order valence-electron chi connectivity index (χ2n) is 8.53. The van der Waals surface area contributed by atoms with Gasteiger partial charge in [-0.05, 0) is 25.0 Å². The summed E-state index contributed by atoms with van der Waals surface area (Å²) in [7, 11) is 0. The molecule has 2 amide bonds. The smallest absolute Gasteiger partial charge is 0.274 e. The molecule has 2 aliphatic heterocycles. The fourth-order valence-electron chi connectivity index (χ4n) is 3.98. The maximum Gasteiger partial charge on any atom is 0.274 e. The molecule has 5 rings (SSSR count). The van der Waals surface area contributed by atoms with E-state index in [1.807, 2.05) is 0 Å². The highest BCUT2D eigenvalue weighted by molar-refractivity contribution is 6.07. The Balaban J connectivity index is 1.49. The number of aliphatic hydroxyl groups excluding tert-OH is 1. The van der Waals surface area contributed by atoms with Crippen LogP contribution < -0.4 is 20.9 Å². The topological polar surface area (TPSA) is 162 Å². The first-order valence-corrected chi connectivity index (χ1v) is 11.6. The van der Waals surface area contributed by atoms with Crippen molar-refractivity contribution in [1.82, 2.24) is 29.9 Å². The number of aromatic nitrogens is 5. The standard InChI is InChI=1S/C23H25N7O6/c31-16-10-24-23(34)21-18(12-29(28-21)15-6-8-35-9-7-15)26-22(33)17-3-1-2-14(25-17)11-30-20(32)5-4-19(27-30)36-13-16/h1-5,12,15-16,31H,6-11,13H2,(H,24,34)(H,26,33). The van der Waals surface area contributed by atoms with E-state index in [1.165, 1.54) is 18.2 Å². The summed E-state index contributed by atoms with van der Waals surface area (Å²) in [6, 6.07) is 7.54. The number of pyridine rings is 1. The third-order valence-electron chi connectivity index (χ3n) is 5.88. The monoisotopic (exact) mass is 495 g/mol. The first-order chi connectivity index (χ1) is 17.5. The minimum Gasteiger partial charge on any atom is -0.474 e. The number of carbonyl (C=O) groups excluding carboxylic acids is 2. The Labute approximate surface area is 205 Å². The number of hydrogen-bond donors (Lipinski definition) is 3. The van der Waals surface area contributed by atoms with E-state index in [9.17, 15) is 19.5 Å². The largest absolute Gasteiger partial charge is 0.474 e. The molecule has 0 saturated carbocycles. The van der Waals surface area contributed by atoms with Crippen molar-refractivity contribution in [2.45, 2.75) is 31.5 Å². The molecule has 3 aromatic rings. The van der Waals surface area contributed by atoms with Crippen LogP contribution in [0.15, 0.2) is 41.3 Å². The van der Waals surface area contributed by atoms with E-state index in [4.69, 9.17) is 9.47 Å². The number of hydrogen-bond acceptors (Lipinski definition) is 9. The van der Waals surface area contributed by atoms with Crippen molar-refractivity contribution < 1.29 is 24.2 Å². The number of amides is 2. The number of aliphatic hydroxyl groups is 1. The van der Waals surface area contributed by atoms with Crippen molar-refractivity contribution in [1.29, 1.82) is 0 Å². The normalized spacial score (nSPS) is 19.4. The summed E-state index contributed by atoms with van der Waals surface area (Å²) in [5, 5.41) is 24.3. The quantitative estimate of drug-likeness (QED) is 0.421. The van der Waals surface area contributed by atoms with Crippen LogP contribution in [0, 0.1) is 0 Å². The van der Waals surface area contributed by atoms with Gasteiger partial charge in [0.25, 0.3) is 17.4 Å². The molecule has 36 heavy (non-hydrogen) atoms. The van der Waals surface area contributed by atoms with Crippen molar-refractivity contribution in [3.63, 3.8) is 0 Å². The third-order valence-corrected chi connectivity index (χ3v) is 5.88. The number of nitrogens with one attached hydrogen (secondary N) is 2. The molecular weight excluding hydrogens is 470 g/mol. The van der Waals surface area contributed by atoms with Crippen LogP contribution in [0.2, 0.25) is 0 Å². The molecule has 0 aliphatic carbocycles. The van der Waals surface area contributed by atoms with E-state index in [1.54, 1.807) is 23.0 Å². The van der Waals surface area contributed by atoms with E-state index in [-0.39, 0.29) is 54.3 Å². The molecule has 1 atom stereocenters. The summed E-state index contributed by atoms with van der Waals surface area (Å²) in [6.45, 7) is 0.873. The summed E-state index contributed by atoms with van der Waals surface area (Å²) in [4.78, 5) is 42.7. The highest BCUT2D eigenvalue weighted by Gasteiger charge is 2.25.